The van der Waals surface area contributed by atoms with E-state index in [4.69, 9.17) is 0 Å². The number of hydrogen-bond donors (Lipinski definition) is 3. The molecule has 3 amide bonds. The van der Waals surface area contributed by atoms with E-state index >= 15 is 0 Å². The molecule has 0 aliphatic carbocycles. The Morgan fingerprint density at radius 2 is 0.682 bits per heavy atom. The van der Waals surface area contributed by atoms with Crippen LogP contribution < -0.4 is 17.2 Å². The molecule has 0 aliphatic rings. The Morgan fingerprint density at radius 3 is 0.682 bits per heavy atom. The van der Waals surface area contributed by atoms with Gasteiger partial charge in [-0.15, -0.1) is 0 Å². The molecule has 22 heavy (non-hydrogen) atoms. The summed E-state index contributed by atoms with van der Waals surface area (Å²) in [6, 6.07) is 0. The van der Waals surface area contributed by atoms with Gasteiger partial charge in [-0.25, -0.2) is 0 Å². The minimum absolute atomic E-state index is 0. The monoisotopic (exact) mass is 359 g/mol. The minimum atomic E-state index is -0.562. The van der Waals surface area contributed by atoms with Crippen LogP contribution in [-0.2, 0) is 45.8 Å². The number of primary amides is 3. The van der Waals surface area contributed by atoms with Crippen LogP contribution in [0.1, 0.15) is 40.0 Å². The predicted molar refractivity (Wildman–Crippen MR) is 73.5 cm³/mol. The number of nitrogens with two attached hydrogens (primary N) is 3. The molecule has 0 heterocycles. The van der Waals surface area contributed by atoms with Crippen LogP contribution in [0.2, 0.25) is 0 Å². The maximum atomic E-state index is 9.95. The van der Waals surface area contributed by atoms with Crippen molar-refractivity contribution >= 4 is 35.1 Å². The third-order valence-corrected chi connectivity index (χ3v) is 1.27. The minimum Gasteiger partial charge on any atom is -0.369 e. The fourth-order valence-corrected chi connectivity index (χ4v) is 0.736. The molecule has 128 valence electrons. The number of Topliss-reactive ketones (excluding diaryl/α,β-unsaturated/α-hetero) is 3. The SMILES string of the molecule is CC(=O)CC(N)=O.CC(=O)CC(N)=O.CC(=O)CC(N)=O.[Fe]. The Labute approximate surface area is 138 Å². The van der Waals surface area contributed by atoms with Crippen LogP contribution in [0.3, 0.4) is 0 Å². The van der Waals surface area contributed by atoms with Crippen LogP contribution in [0.4, 0.5) is 0 Å². The second kappa shape index (κ2) is 17.0. The van der Waals surface area contributed by atoms with Gasteiger partial charge in [-0.05, 0) is 20.8 Å². The molecule has 0 saturated heterocycles. The number of carbonyl (C=O) groups is 6. The maximum Gasteiger partial charge on any atom is 0.224 e. The van der Waals surface area contributed by atoms with E-state index in [2.05, 4.69) is 17.2 Å². The average molecular weight is 359 g/mol. The molecule has 0 radical (unpaired) electrons. The van der Waals surface area contributed by atoms with Crippen LogP contribution in [0, 0.1) is 0 Å². The third-order valence-electron chi connectivity index (χ3n) is 1.27. The molecule has 6 N–H and O–H groups in total. The van der Waals surface area contributed by atoms with Crippen LogP contribution in [-0.4, -0.2) is 35.1 Å². The van der Waals surface area contributed by atoms with Crippen molar-refractivity contribution in [1.82, 2.24) is 0 Å². The molecule has 10 heteroatoms. The van der Waals surface area contributed by atoms with E-state index in [1.165, 1.54) is 20.8 Å². The van der Waals surface area contributed by atoms with Gasteiger partial charge in [0.25, 0.3) is 0 Å². The molecule has 0 fully saturated rings. The average Bonchev–Trinajstić information content (AvgIpc) is 2.10. The van der Waals surface area contributed by atoms with Gasteiger partial charge >= 0.3 is 0 Å². The molecule has 0 spiro atoms. The Kier molecular flexibility index (Phi) is 21.7. The van der Waals surface area contributed by atoms with Crippen molar-refractivity contribution in [2.24, 2.45) is 17.2 Å². The summed E-state index contributed by atoms with van der Waals surface area (Å²) in [4.78, 5) is 59.3. The summed E-state index contributed by atoms with van der Waals surface area (Å²) in [6.07, 6.45) is -0.417. The molecule has 0 saturated carbocycles. The summed E-state index contributed by atoms with van der Waals surface area (Å²) in [5.41, 5.74) is 13.9. The zero-order valence-electron chi connectivity index (χ0n) is 12.7. The fourth-order valence-electron chi connectivity index (χ4n) is 0.736. The van der Waals surface area contributed by atoms with Crippen molar-refractivity contribution in [3.63, 3.8) is 0 Å². The van der Waals surface area contributed by atoms with Gasteiger partial charge in [0.2, 0.25) is 17.7 Å². The smallest absolute Gasteiger partial charge is 0.224 e. The Hall–Kier alpha value is -2.06. The van der Waals surface area contributed by atoms with Gasteiger partial charge in [-0.1, -0.05) is 0 Å². The van der Waals surface area contributed by atoms with Crippen LogP contribution in [0.15, 0.2) is 0 Å². The van der Waals surface area contributed by atoms with E-state index in [1.54, 1.807) is 0 Å². The topological polar surface area (TPSA) is 180 Å². The van der Waals surface area contributed by atoms with Gasteiger partial charge in [0.05, 0.1) is 19.3 Å². The van der Waals surface area contributed by atoms with Crippen LogP contribution >= 0.6 is 0 Å². The molecule has 0 aliphatic heterocycles. The molecule has 0 unspecified atom stereocenters. The second-order valence-corrected chi connectivity index (χ2v) is 4.04. The standard InChI is InChI=1S/3C4H7NO2.Fe/c3*1-3(6)2-4(5)7;/h3*2H2,1H3,(H2,5,7);. The number of ketones is 3. The van der Waals surface area contributed by atoms with Crippen LogP contribution in [0.25, 0.3) is 0 Å². The van der Waals surface area contributed by atoms with Gasteiger partial charge in [0, 0.05) is 17.1 Å². The number of amides is 3. The normalized spacial score (nSPS) is 7.77. The first-order valence-electron chi connectivity index (χ1n) is 5.71. The molecule has 0 aromatic carbocycles. The van der Waals surface area contributed by atoms with Crippen molar-refractivity contribution in [2.45, 2.75) is 40.0 Å². The number of carbonyl (C=O) groups excluding carboxylic acids is 6. The third kappa shape index (κ3) is 52.1. The zero-order chi connectivity index (χ0) is 17.6. The predicted octanol–water partition coefficient (Wildman–Crippen LogP) is -1.65. The fraction of sp³-hybridized carbons (Fsp3) is 0.500. The van der Waals surface area contributed by atoms with Crippen molar-refractivity contribution in [2.75, 3.05) is 0 Å². The zero-order valence-corrected chi connectivity index (χ0v) is 13.8. The molecule has 0 atom stereocenters. The summed E-state index contributed by atoms with van der Waals surface area (Å²) < 4.78 is 0. The summed E-state index contributed by atoms with van der Waals surface area (Å²) in [6.45, 7) is 3.97. The Bertz CT molecular complexity index is 325. The maximum absolute atomic E-state index is 9.95. The summed E-state index contributed by atoms with van der Waals surface area (Å²) >= 11 is 0. The van der Waals surface area contributed by atoms with E-state index < -0.39 is 17.7 Å². The van der Waals surface area contributed by atoms with Gasteiger partial charge in [0.1, 0.15) is 17.3 Å². The summed E-state index contributed by atoms with van der Waals surface area (Å²) in [5.74, 6) is -2.25. The molecular weight excluding hydrogens is 338 g/mol. The van der Waals surface area contributed by atoms with Gasteiger partial charge in [-0.3, -0.25) is 28.8 Å². The van der Waals surface area contributed by atoms with E-state index in [0.29, 0.717) is 0 Å². The Balaban J connectivity index is -0.000000108. The van der Waals surface area contributed by atoms with Gasteiger partial charge in [-0.2, -0.15) is 0 Å². The van der Waals surface area contributed by atoms with E-state index in [-0.39, 0.29) is 53.7 Å². The van der Waals surface area contributed by atoms with Crippen molar-refractivity contribution in [1.29, 1.82) is 0 Å². The quantitative estimate of drug-likeness (QED) is 0.377. The first-order valence-corrected chi connectivity index (χ1v) is 5.71. The largest absolute Gasteiger partial charge is 0.369 e. The van der Waals surface area contributed by atoms with E-state index in [0.717, 1.165) is 0 Å². The second-order valence-electron chi connectivity index (χ2n) is 4.04. The summed E-state index contributed by atoms with van der Waals surface area (Å²) in [5, 5.41) is 0. The van der Waals surface area contributed by atoms with Crippen molar-refractivity contribution in [3.8, 4) is 0 Å². The van der Waals surface area contributed by atoms with E-state index in [1.807, 2.05) is 0 Å². The first kappa shape index (κ1) is 28.2. The number of hydrogen-bond acceptors (Lipinski definition) is 6. The molecule has 0 aromatic heterocycles. The van der Waals surface area contributed by atoms with E-state index in [9.17, 15) is 28.8 Å². The summed E-state index contributed by atoms with van der Waals surface area (Å²) in [7, 11) is 0. The van der Waals surface area contributed by atoms with Crippen molar-refractivity contribution < 1.29 is 45.8 Å². The molecule has 9 nitrogen and oxygen atoms in total. The van der Waals surface area contributed by atoms with Gasteiger partial charge < -0.3 is 17.2 Å². The van der Waals surface area contributed by atoms with Crippen LogP contribution in [0.5, 0.6) is 0 Å². The van der Waals surface area contributed by atoms with Crippen molar-refractivity contribution in [3.05, 3.63) is 0 Å². The number of rotatable bonds is 6. The molecule has 0 aromatic rings. The first-order chi connectivity index (χ1) is 9.38. The Morgan fingerprint density at radius 1 is 0.545 bits per heavy atom. The van der Waals surface area contributed by atoms with Gasteiger partial charge in [0.15, 0.2) is 0 Å². The molecular formula is C12H21FeN3O6. The molecule has 0 bridgehead atoms. The molecule has 0 rings (SSSR count).